The van der Waals surface area contributed by atoms with Crippen molar-refractivity contribution in [3.05, 3.63) is 47.3 Å². The van der Waals surface area contributed by atoms with E-state index < -0.39 is 0 Å². The van der Waals surface area contributed by atoms with Gasteiger partial charge in [-0.2, -0.15) is 4.98 Å². The van der Waals surface area contributed by atoms with E-state index >= 15 is 0 Å². The third-order valence-corrected chi connectivity index (χ3v) is 5.06. The first-order valence-electron chi connectivity index (χ1n) is 8.52. The topological polar surface area (TPSA) is 70.5 Å². The molecule has 2 N–H and O–H groups in total. The summed E-state index contributed by atoms with van der Waals surface area (Å²) in [7, 11) is 0. The van der Waals surface area contributed by atoms with Crippen molar-refractivity contribution >= 4 is 32.7 Å². The predicted octanol–water partition coefficient (Wildman–Crippen LogP) is 5.03. The number of aromatic amines is 2. The first-order chi connectivity index (χ1) is 12.2. The van der Waals surface area contributed by atoms with Crippen molar-refractivity contribution in [2.24, 2.45) is 0 Å². The summed E-state index contributed by atoms with van der Waals surface area (Å²) in [6.07, 6.45) is 0.761. The number of rotatable bonds is 2. The molecule has 5 aromatic rings. The van der Waals surface area contributed by atoms with Gasteiger partial charge in [0.15, 0.2) is 5.82 Å². The average molecular weight is 330 g/mol. The van der Waals surface area contributed by atoms with Gasteiger partial charge in [0.1, 0.15) is 5.69 Å². The van der Waals surface area contributed by atoms with Crippen molar-refractivity contribution in [1.29, 1.82) is 0 Å². The quantitative estimate of drug-likeness (QED) is 0.477. The highest BCUT2D eigenvalue weighted by Gasteiger charge is 2.19. The van der Waals surface area contributed by atoms with Crippen LogP contribution in [0, 0.1) is 13.8 Å². The Balaban J connectivity index is 1.85. The molecule has 0 radical (unpaired) electrons. The third kappa shape index (κ3) is 1.89. The summed E-state index contributed by atoms with van der Waals surface area (Å²) in [5, 5.41) is 7.70. The van der Waals surface area contributed by atoms with E-state index in [4.69, 9.17) is 4.52 Å². The van der Waals surface area contributed by atoms with E-state index in [9.17, 15) is 0 Å². The van der Waals surface area contributed by atoms with Gasteiger partial charge in [0.25, 0.3) is 5.89 Å². The van der Waals surface area contributed by atoms with Crippen LogP contribution in [-0.2, 0) is 6.42 Å². The van der Waals surface area contributed by atoms with E-state index in [1.165, 1.54) is 27.2 Å². The van der Waals surface area contributed by atoms with Gasteiger partial charge < -0.3 is 14.5 Å². The molecule has 0 atom stereocenters. The minimum atomic E-state index is 0.554. The van der Waals surface area contributed by atoms with Crippen LogP contribution in [-0.4, -0.2) is 20.1 Å². The van der Waals surface area contributed by atoms with Gasteiger partial charge in [-0.15, -0.1) is 0 Å². The second-order valence-electron chi connectivity index (χ2n) is 6.51. The Hall–Kier alpha value is -3.08. The monoisotopic (exact) mass is 330 g/mol. The first-order valence-corrected chi connectivity index (χ1v) is 8.52. The fraction of sp³-hybridized carbons (Fsp3) is 0.200. The number of nitrogens with one attached hydrogen (secondary N) is 2. The van der Waals surface area contributed by atoms with Crippen molar-refractivity contribution < 1.29 is 4.52 Å². The standard InChI is InChI=1S/C20H18N4O/c1-4-16-23-20(25-24-16)19-11(3)17-10(2)18-13(9-15(17)22-19)12-7-5-6-8-14(12)21-18/h5-9,21-22H,4H2,1-3H3. The van der Waals surface area contributed by atoms with E-state index in [-0.39, 0.29) is 0 Å². The van der Waals surface area contributed by atoms with E-state index in [1.54, 1.807) is 0 Å². The number of hydrogen-bond acceptors (Lipinski definition) is 3. The molecule has 2 aromatic carbocycles. The molecule has 0 bridgehead atoms. The Bertz CT molecular complexity index is 1260. The molecule has 0 aliphatic carbocycles. The van der Waals surface area contributed by atoms with E-state index in [2.05, 4.69) is 64.3 Å². The summed E-state index contributed by atoms with van der Waals surface area (Å²) in [5.41, 5.74) is 6.72. The maximum atomic E-state index is 5.44. The van der Waals surface area contributed by atoms with E-state index in [0.717, 1.165) is 34.5 Å². The molecule has 0 aliphatic heterocycles. The lowest BCUT2D eigenvalue weighted by Crippen LogP contribution is -1.84. The van der Waals surface area contributed by atoms with Crippen LogP contribution >= 0.6 is 0 Å². The third-order valence-electron chi connectivity index (χ3n) is 5.06. The summed E-state index contributed by atoms with van der Waals surface area (Å²) >= 11 is 0. The van der Waals surface area contributed by atoms with Crippen LogP contribution < -0.4 is 0 Å². The molecule has 0 amide bonds. The molecule has 0 spiro atoms. The number of aryl methyl sites for hydroxylation is 3. The molecule has 5 heteroatoms. The molecule has 0 aliphatic rings. The molecule has 0 saturated carbocycles. The number of benzene rings is 2. The second kappa shape index (κ2) is 4.96. The minimum Gasteiger partial charge on any atom is -0.354 e. The number of nitrogens with zero attached hydrogens (tertiary/aromatic N) is 2. The van der Waals surface area contributed by atoms with Crippen LogP contribution in [0.15, 0.2) is 34.9 Å². The lowest BCUT2D eigenvalue weighted by Gasteiger charge is -2.01. The molecule has 3 heterocycles. The molecule has 5 rings (SSSR count). The number of H-pyrrole nitrogens is 2. The molecule has 3 aromatic heterocycles. The zero-order valence-electron chi connectivity index (χ0n) is 14.4. The summed E-state index contributed by atoms with van der Waals surface area (Å²) in [4.78, 5) is 11.5. The normalized spacial score (nSPS) is 12.0. The molecule has 5 nitrogen and oxygen atoms in total. The summed E-state index contributed by atoms with van der Waals surface area (Å²) in [5.74, 6) is 1.28. The maximum absolute atomic E-state index is 5.44. The fourth-order valence-corrected chi connectivity index (χ4v) is 3.80. The van der Waals surface area contributed by atoms with Crippen molar-refractivity contribution in [3.8, 4) is 11.6 Å². The zero-order valence-corrected chi connectivity index (χ0v) is 14.4. The van der Waals surface area contributed by atoms with Crippen molar-refractivity contribution in [3.63, 3.8) is 0 Å². The zero-order chi connectivity index (χ0) is 17.1. The van der Waals surface area contributed by atoms with E-state index in [0.29, 0.717) is 5.89 Å². The van der Waals surface area contributed by atoms with Gasteiger partial charge in [-0.05, 0) is 37.1 Å². The SMILES string of the molecule is CCc1noc(-c2[nH]c3cc4c([nH]c5ccccc54)c(C)c3c2C)n1. The number of hydrogen-bond donors (Lipinski definition) is 2. The lowest BCUT2D eigenvalue weighted by molar-refractivity contribution is 0.422. The fourth-order valence-electron chi connectivity index (χ4n) is 3.80. The molecular formula is C20H18N4O. The average Bonchev–Trinajstić information content (AvgIpc) is 3.31. The van der Waals surface area contributed by atoms with E-state index in [1.807, 2.05) is 6.92 Å². The highest BCUT2D eigenvalue weighted by molar-refractivity contribution is 6.14. The largest absolute Gasteiger partial charge is 0.354 e. The molecule has 0 saturated heterocycles. The lowest BCUT2D eigenvalue weighted by atomic mass is 10.0. The summed E-state index contributed by atoms with van der Waals surface area (Å²) in [6, 6.07) is 10.6. The Morgan fingerprint density at radius 3 is 2.64 bits per heavy atom. The van der Waals surface area contributed by atoms with Crippen molar-refractivity contribution in [2.45, 2.75) is 27.2 Å². The molecule has 0 unspecified atom stereocenters. The number of fused-ring (bicyclic) bond motifs is 4. The Morgan fingerprint density at radius 2 is 1.84 bits per heavy atom. The van der Waals surface area contributed by atoms with Gasteiger partial charge in [-0.25, -0.2) is 0 Å². The predicted molar refractivity (Wildman–Crippen MR) is 99.8 cm³/mol. The van der Waals surface area contributed by atoms with Crippen LogP contribution in [0.2, 0.25) is 0 Å². The molecule has 124 valence electrons. The van der Waals surface area contributed by atoms with Crippen LogP contribution in [0.4, 0.5) is 0 Å². The van der Waals surface area contributed by atoms with Crippen LogP contribution in [0.5, 0.6) is 0 Å². The Kier molecular flexibility index (Phi) is 2.83. The van der Waals surface area contributed by atoms with Gasteiger partial charge in [-0.3, -0.25) is 0 Å². The first kappa shape index (κ1) is 14.3. The smallest absolute Gasteiger partial charge is 0.274 e. The van der Waals surface area contributed by atoms with Crippen molar-refractivity contribution in [1.82, 2.24) is 20.1 Å². The minimum absolute atomic E-state index is 0.554. The van der Waals surface area contributed by atoms with Crippen LogP contribution in [0.3, 0.4) is 0 Å². The maximum Gasteiger partial charge on any atom is 0.274 e. The molecule has 0 fully saturated rings. The number of para-hydroxylation sites is 1. The van der Waals surface area contributed by atoms with Gasteiger partial charge in [0.05, 0.1) is 5.52 Å². The highest BCUT2D eigenvalue weighted by atomic mass is 16.5. The van der Waals surface area contributed by atoms with Crippen molar-refractivity contribution in [2.75, 3.05) is 0 Å². The second-order valence-corrected chi connectivity index (χ2v) is 6.51. The molecule has 25 heavy (non-hydrogen) atoms. The van der Waals surface area contributed by atoms with Gasteiger partial charge >= 0.3 is 0 Å². The van der Waals surface area contributed by atoms with Crippen LogP contribution in [0.25, 0.3) is 44.3 Å². The summed E-state index contributed by atoms with van der Waals surface area (Å²) < 4.78 is 5.44. The Morgan fingerprint density at radius 1 is 1.00 bits per heavy atom. The summed E-state index contributed by atoms with van der Waals surface area (Å²) in [6.45, 7) is 6.28. The van der Waals surface area contributed by atoms with Gasteiger partial charge in [0.2, 0.25) is 0 Å². The van der Waals surface area contributed by atoms with Gasteiger partial charge in [-0.1, -0.05) is 30.3 Å². The van der Waals surface area contributed by atoms with Gasteiger partial charge in [0, 0.05) is 33.6 Å². The number of aromatic nitrogens is 4. The highest BCUT2D eigenvalue weighted by Crippen LogP contribution is 2.37. The molecular weight excluding hydrogens is 312 g/mol. The van der Waals surface area contributed by atoms with Crippen LogP contribution in [0.1, 0.15) is 23.9 Å². The Labute approximate surface area is 144 Å².